The normalized spacial score (nSPS) is 10.1. The minimum atomic E-state index is -1.34. The molecule has 80 valence electrons. The molecule has 5 heteroatoms. The Kier molecular flexibility index (Phi) is 2.74. The van der Waals surface area contributed by atoms with Gasteiger partial charge in [0.25, 0.3) is 0 Å². The van der Waals surface area contributed by atoms with Crippen LogP contribution < -0.4 is 0 Å². The molecule has 15 heavy (non-hydrogen) atoms. The summed E-state index contributed by atoms with van der Waals surface area (Å²) in [5, 5.41) is 17.5. The van der Waals surface area contributed by atoms with Gasteiger partial charge in [0.05, 0.1) is 11.1 Å². The fourth-order valence-electron chi connectivity index (χ4n) is 1.32. The number of rotatable bonds is 2. The van der Waals surface area contributed by atoms with E-state index in [0.717, 1.165) is 6.07 Å². The van der Waals surface area contributed by atoms with Gasteiger partial charge in [-0.25, -0.2) is 14.0 Å². The van der Waals surface area contributed by atoms with Crippen molar-refractivity contribution in [2.75, 3.05) is 0 Å². The van der Waals surface area contributed by atoms with Gasteiger partial charge >= 0.3 is 11.9 Å². The summed E-state index contributed by atoms with van der Waals surface area (Å²) >= 11 is 0. The van der Waals surface area contributed by atoms with Crippen LogP contribution in [0.4, 0.5) is 4.39 Å². The number of hydrogen-bond acceptors (Lipinski definition) is 2. The lowest BCUT2D eigenvalue weighted by atomic mass is 9.99. The number of aromatic carboxylic acids is 2. The van der Waals surface area contributed by atoms with Crippen molar-refractivity contribution in [3.8, 4) is 0 Å². The Labute approximate surface area is 85.0 Å². The van der Waals surface area contributed by atoms with Crippen molar-refractivity contribution < 1.29 is 24.2 Å². The van der Waals surface area contributed by atoms with Gasteiger partial charge in [-0.15, -0.1) is 0 Å². The van der Waals surface area contributed by atoms with Gasteiger partial charge in [0.15, 0.2) is 0 Å². The van der Waals surface area contributed by atoms with Crippen molar-refractivity contribution >= 4 is 11.9 Å². The highest BCUT2D eigenvalue weighted by Crippen LogP contribution is 2.21. The quantitative estimate of drug-likeness (QED) is 0.784. The summed E-state index contributed by atoms with van der Waals surface area (Å²) in [7, 11) is 0. The Morgan fingerprint density at radius 1 is 1.07 bits per heavy atom. The van der Waals surface area contributed by atoms with Crippen LogP contribution in [-0.2, 0) is 0 Å². The largest absolute Gasteiger partial charge is 0.478 e. The molecule has 0 heterocycles. The monoisotopic (exact) mass is 212 g/mol. The molecule has 1 aromatic carbocycles. The zero-order valence-electron chi connectivity index (χ0n) is 8.17. The maximum Gasteiger partial charge on any atom is 0.336 e. The summed E-state index contributed by atoms with van der Waals surface area (Å²) < 4.78 is 13.4. The molecule has 0 unspecified atom stereocenters. The first-order valence-corrected chi connectivity index (χ1v) is 4.12. The highest BCUT2D eigenvalue weighted by Gasteiger charge is 2.19. The van der Waals surface area contributed by atoms with Crippen molar-refractivity contribution in [2.45, 2.75) is 13.8 Å². The van der Waals surface area contributed by atoms with E-state index in [2.05, 4.69) is 0 Å². The van der Waals surface area contributed by atoms with E-state index in [1.165, 1.54) is 13.8 Å². The molecule has 0 aromatic heterocycles. The Balaban J connectivity index is 3.59. The molecular weight excluding hydrogens is 203 g/mol. The third kappa shape index (κ3) is 1.81. The third-order valence-corrected chi connectivity index (χ3v) is 2.22. The van der Waals surface area contributed by atoms with E-state index < -0.39 is 17.8 Å². The topological polar surface area (TPSA) is 74.6 Å². The first-order valence-electron chi connectivity index (χ1n) is 4.12. The zero-order valence-corrected chi connectivity index (χ0v) is 8.17. The average molecular weight is 212 g/mol. The molecule has 0 bridgehead atoms. The van der Waals surface area contributed by atoms with Gasteiger partial charge in [-0.3, -0.25) is 0 Å². The molecule has 0 fully saturated rings. The molecule has 0 spiro atoms. The van der Waals surface area contributed by atoms with Gasteiger partial charge in [-0.2, -0.15) is 0 Å². The summed E-state index contributed by atoms with van der Waals surface area (Å²) in [4.78, 5) is 21.4. The summed E-state index contributed by atoms with van der Waals surface area (Å²) in [5.74, 6) is -3.46. The number of carbonyl (C=O) groups is 2. The molecule has 0 atom stereocenters. The van der Waals surface area contributed by atoms with Crippen LogP contribution in [0, 0.1) is 19.7 Å². The molecule has 4 nitrogen and oxygen atoms in total. The van der Waals surface area contributed by atoms with Crippen molar-refractivity contribution in [1.29, 1.82) is 0 Å². The van der Waals surface area contributed by atoms with Gasteiger partial charge in [0.2, 0.25) is 0 Å². The van der Waals surface area contributed by atoms with Crippen LogP contribution in [0.25, 0.3) is 0 Å². The van der Waals surface area contributed by atoms with Crippen LogP contribution in [0.1, 0.15) is 31.8 Å². The van der Waals surface area contributed by atoms with Crippen molar-refractivity contribution in [3.05, 3.63) is 34.1 Å². The number of carboxylic acids is 2. The molecule has 1 aromatic rings. The number of hydrogen-bond donors (Lipinski definition) is 2. The van der Waals surface area contributed by atoms with Crippen LogP contribution in [-0.4, -0.2) is 22.2 Å². The molecule has 2 N–H and O–H groups in total. The van der Waals surface area contributed by atoms with Crippen LogP contribution in [0.3, 0.4) is 0 Å². The molecule has 0 aliphatic rings. The second kappa shape index (κ2) is 3.68. The van der Waals surface area contributed by atoms with Gasteiger partial charge in [0, 0.05) is 0 Å². The predicted octanol–water partition coefficient (Wildman–Crippen LogP) is 1.84. The first kappa shape index (κ1) is 11.2. The lowest BCUT2D eigenvalue weighted by Gasteiger charge is -2.08. The molecule has 0 amide bonds. The van der Waals surface area contributed by atoms with E-state index >= 15 is 0 Å². The zero-order chi connectivity index (χ0) is 11.7. The van der Waals surface area contributed by atoms with Crippen molar-refractivity contribution in [1.82, 2.24) is 0 Å². The molecule has 0 saturated heterocycles. The lowest BCUT2D eigenvalue weighted by molar-refractivity contribution is 0.0695. The Bertz CT molecular complexity index is 413. The average Bonchev–Trinajstić information content (AvgIpc) is 2.13. The highest BCUT2D eigenvalue weighted by molar-refractivity contribution is 5.96. The molecule has 0 radical (unpaired) electrons. The van der Waals surface area contributed by atoms with Crippen LogP contribution >= 0.6 is 0 Å². The minimum Gasteiger partial charge on any atom is -0.478 e. The minimum absolute atomic E-state index is 0.0509. The molecule has 1 rings (SSSR count). The fourth-order valence-corrected chi connectivity index (χ4v) is 1.32. The van der Waals surface area contributed by atoms with E-state index in [4.69, 9.17) is 10.2 Å². The van der Waals surface area contributed by atoms with Gasteiger partial charge in [0.1, 0.15) is 5.82 Å². The Hall–Kier alpha value is -1.91. The highest BCUT2D eigenvalue weighted by atomic mass is 19.1. The first-order chi connectivity index (χ1) is 6.86. The number of benzene rings is 1. The van der Waals surface area contributed by atoms with Crippen LogP contribution in [0.15, 0.2) is 6.07 Å². The molecule has 0 saturated carbocycles. The molecule has 0 aliphatic heterocycles. The van der Waals surface area contributed by atoms with E-state index in [1.54, 1.807) is 0 Å². The standard InChI is InChI=1S/C10H9FO4/c1-4-6(9(12)13)3-7(10(14)15)5(2)8(4)11/h3H,1-2H3,(H,12,13)(H,14,15). The van der Waals surface area contributed by atoms with E-state index in [-0.39, 0.29) is 22.3 Å². The summed E-state index contributed by atoms with van der Waals surface area (Å²) in [6.07, 6.45) is 0. The van der Waals surface area contributed by atoms with Gasteiger partial charge < -0.3 is 10.2 Å². The summed E-state index contributed by atoms with van der Waals surface area (Å²) in [6, 6.07) is 0.971. The van der Waals surface area contributed by atoms with Crippen molar-refractivity contribution in [2.24, 2.45) is 0 Å². The number of carboxylic acid groups (broad SMARTS) is 2. The Morgan fingerprint density at radius 3 is 1.67 bits per heavy atom. The van der Waals surface area contributed by atoms with Crippen molar-refractivity contribution in [3.63, 3.8) is 0 Å². The predicted molar refractivity (Wildman–Crippen MR) is 49.8 cm³/mol. The third-order valence-electron chi connectivity index (χ3n) is 2.22. The summed E-state index contributed by atoms with van der Waals surface area (Å²) in [6.45, 7) is 2.61. The van der Waals surface area contributed by atoms with Gasteiger partial charge in [-0.05, 0) is 31.0 Å². The molecular formula is C10H9FO4. The van der Waals surface area contributed by atoms with Crippen LogP contribution in [0.5, 0.6) is 0 Å². The second-order valence-electron chi connectivity index (χ2n) is 3.15. The lowest BCUT2D eigenvalue weighted by Crippen LogP contribution is -2.09. The van der Waals surface area contributed by atoms with Crippen LogP contribution in [0.2, 0.25) is 0 Å². The fraction of sp³-hybridized carbons (Fsp3) is 0.200. The maximum atomic E-state index is 13.4. The number of halogens is 1. The maximum absolute atomic E-state index is 13.4. The van der Waals surface area contributed by atoms with E-state index in [9.17, 15) is 14.0 Å². The Morgan fingerprint density at radius 2 is 1.40 bits per heavy atom. The smallest absolute Gasteiger partial charge is 0.336 e. The summed E-state index contributed by atoms with van der Waals surface area (Å²) in [5.41, 5.74) is -0.749. The van der Waals surface area contributed by atoms with Gasteiger partial charge in [-0.1, -0.05) is 0 Å². The van der Waals surface area contributed by atoms with E-state index in [0.29, 0.717) is 0 Å². The molecule has 0 aliphatic carbocycles. The second-order valence-corrected chi connectivity index (χ2v) is 3.15. The van der Waals surface area contributed by atoms with E-state index in [1.807, 2.05) is 0 Å². The SMILES string of the molecule is Cc1c(C(=O)O)cc(C(=O)O)c(C)c1F.